The predicted octanol–water partition coefficient (Wildman–Crippen LogP) is 0.561. The van der Waals surface area contributed by atoms with E-state index in [0.717, 1.165) is 4.90 Å². The molecule has 3 heteroatoms. The van der Waals surface area contributed by atoms with Crippen molar-refractivity contribution in [1.29, 1.82) is 0 Å². The minimum atomic E-state index is -0.988. The molecule has 0 aliphatic rings. The number of amides is 1. The summed E-state index contributed by atoms with van der Waals surface area (Å²) in [6.07, 6.45) is 4.87. The highest BCUT2D eigenvalue weighted by Crippen LogP contribution is 1.96. The van der Waals surface area contributed by atoms with Crippen LogP contribution >= 0.6 is 0 Å². The van der Waals surface area contributed by atoms with E-state index in [9.17, 15) is 9.18 Å². The molecular formula is C7H8FNO. The Morgan fingerprint density at radius 3 is 2.70 bits per heavy atom. The number of carbonyl (C=O) groups excluding carboxylic acids is 1. The quantitative estimate of drug-likeness (QED) is 0.406. The summed E-state index contributed by atoms with van der Waals surface area (Å²) in [5, 5.41) is 0. The normalized spacial score (nSPS) is 8.10. The molecule has 0 aromatic carbocycles. The van der Waals surface area contributed by atoms with Crippen molar-refractivity contribution in [2.75, 3.05) is 13.6 Å². The third kappa shape index (κ3) is 2.31. The first-order valence-corrected chi connectivity index (χ1v) is 2.63. The molecule has 0 fully saturated rings. The summed E-state index contributed by atoms with van der Waals surface area (Å²) in [7, 11) is 1.41. The van der Waals surface area contributed by atoms with Gasteiger partial charge in [0, 0.05) is 7.05 Å². The van der Waals surface area contributed by atoms with E-state index in [-0.39, 0.29) is 6.54 Å². The maximum absolute atomic E-state index is 12.0. The summed E-state index contributed by atoms with van der Waals surface area (Å²) >= 11 is 0. The van der Waals surface area contributed by atoms with Crippen LogP contribution in [0.2, 0.25) is 0 Å². The van der Waals surface area contributed by atoms with Gasteiger partial charge in [0.2, 0.25) is 0 Å². The third-order valence-corrected chi connectivity index (χ3v) is 0.907. The van der Waals surface area contributed by atoms with Crippen LogP contribution in [0.15, 0.2) is 12.4 Å². The Hall–Kier alpha value is -1.30. The van der Waals surface area contributed by atoms with Gasteiger partial charge in [-0.1, -0.05) is 12.5 Å². The van der Waals surface area contributed by atoms with Crippen LogP contribution < -0.4 is 0 Å². The first-order chi connectivity index (χ1) is 4.59. The van der Waals surface area contributed by atoms with Gasteiger partial charge in [-0.2, -0.15) is 0 Å². The number of likely N-dealkylation sites (N-methyl/N-ethyl adjacent to an activating group) is 1. The molecule has 0 radical (unpaired) electrons. The predicted molar refractivity (Wildman–Crippen MR) is 36.7 cm³/mol. The van der Waals surface area contributed by atoms with Gasteiger partial charge in [0.15, 0.2) is 5.83 Å². The van der Waals surface area contributed by atoms with Gasteiger partial charge in [0.05, 0.1) is 6.54 Å². The molecule has 0 unspecified atom stereocenters. The molecule has 54 valence electrons. The number of rotatable bonds is 2. The topological polar surface area (TPSA) is 20.3 Å². The Kier molecular flexibility index (Phi) is 3.20. The van der Waals surface area contributed by atoms with Gasteiger partial charge < -0.3 is 4.90 Å². The van der Waals surface area contributed by atoms with Crippen LogP contribution in [0.1, 0.15) is 0 Å². The van der Waals surface area contributed by atoms with Gasteiger partial charge in [-0.15, -0.1) is 6.42 Å². The average Bonchev–Trinajstić information content (AvgIpc) is 1.87. The first kappa shape index (κ1) is 8.70. The van der Waals surface area contributed by atoms with Crippen LogP contribution in [0.25, 0.3) is 0 Å². The Bertz CT molecular complexity index is 192. The molecule has 0 aromatic heterocycles. The fraction of sp³-hybridized carbons (Fsp3) is 0.286. The number of carbonyl (C=O) groups is 1. The van der Waals surface area contributed by atoms with Gasteiger partial charge in [-0.3, -0.25) is 4.79 Å². The molecule has 0 aliphatic carbocycles. The Morgan fingerprint density at radius 1 is 1.90 bits per heavy atom. The monoisotopic (exact) mass is 141 g/mol. The zero-order valence-electron chi connectivity index (χ0n) is 5.72. The first-order valence-electron chi connectivity index (χ1n) is 2.63. The Labute approximate surface area is 59.3 Å². The molecule has 0 aromatic rings. The van der Waals surface area contributed by atoms with Crippen molar-refractivity contribution in [1.82, 2.24) is 4.90 Å². The standard InChI is InChI=1S/C7H8FNO/c1-4-5-9(3)7(10)6(2)8/h1H,2,5H2,3H3. The van der Waals surface area contributed by atoms with Gasteiger partial charge >= 0.3 is 0 Å². The highest BCUT2D eigenvalue weighted by molar-refractivity contribution is 5.90. The molecule has 0 spiro atoms. The van der Waals surface area contributed by atoms with Crippen molar-refractivity contribution in [3.63, 3.8) is 0 Å². The van der Waals surface area contributed by atoms with E-state index in [2.05, 4.69) is 12.5 Å². The number of nitrogens with zero attached hydrogens (tertiary/aromatic N) is 1. The molecule has 0 heterocycles. The summed E-state index contributed by atoms with van der Waals surface area (Å²) < 4.78 is 12.0. The third-order valence-electron chi connectivity index (χ3n) is 0.907. The van der Waals surface area contributed by atoms with E-state index in [0.29, 0.717) is 0 Å². The molecule has 0 saturated carbocycles. The lowest BCUT2D eigenvalue weighted by Gasteiger charge is -2.10. The average molecular weight is 141 g/mol. The fourth-order valence-electron chi connectivity index (χ4n) is 0.416. The Morgan fingerprint density at radius 2 is 2.40 bits per heavy atom. The van der Waals surface area contributed by atoms with Gasteiger partial charge in [0.1, 0.15) is 0 Å². The molecule has 0 saturated heterocycles. The van der Waals surface area contributed by atoms with E-state index in [1.807, 2.05) is 0 Å². The largest absolute Gasteiger partial charge is 0.329 e. The van der Waals surface area contributed by atoms with Gasteiger partial charge in [-0.05, 0) is 0 Å². The zero-order valence-corrected chi connectivity index (χ0v) is 5.72. The number of halogens is 1. The second kappa shape index (κ2) is 3.67. The van der Waals surface area contributed by atoms with Crippen molar-refractivity contribution >= 4 is 5.91 Å². The lowest BCUT2D eigenvalue weighted by atomic mass is 10.4. The molecule has 0 aliphatic heterocycles. The molecule has 0 N–H and O–H groups in total. The minimum absolute atomic E-state index is 0.0990. The van der Waals surface area contributed by atoms with E-state index < -0.39 is 11.7 Å². The summed E-state index contributed by atoms with van der Waals surface area (Å²) in [6, 6.07) is 0. The van der Waals surface area contributed by atoms with Crippen molar-refractivity contribution in [2.45, 2.75) is 0 Å². The van der Waals surface area contributed by atoms with Crippen LogP contribution in [-0.4, -0.2) is 24.4 Å². The van der Waals surface area contributed by atoms with Crippen LogP contribution in [0.4, 0.5) is 4.39 Å². The highest BCUT2D eigenvalue weighted by atomic mass is 19.1. The zero-order chi connectivity index (χ0) is 8.15. The lowest BCUT2D eigenvalue weighted by Crippen LogP contribution is -2.26. The van der Waals surface area contributed by atoms with Crippen molar-refractivity contribution < 1.29 is 9.18 Å². The molecule has 0 rings (SSSR count). The van der Waals surface area contributed by atoms with Crippen LogP contribution in [0.3, 0.4) is 0 Å². The second-order valence-electron chi connectivity index (χ2n) is 1.77. The van der Waals surface area contributed by atoms with Crippen LogP contribution in [0, 0.1) is 12.3 Å². The molecule has 10 heavy (non-hydrogen) atoms. The highest BCUT2D eigenvalue weighted by Gasteiger charge is 2.09. The fourth-order valence-corrected chi connectivity index (χ4v) is 0.416. The number of hydrogen-bond donors (Lipinski definition) is 0. The van der Waals surface area contributed by atoms with Gasteiger partial charge in [-0.25, -0.2) is 4.39 Å². The molecule has 1 amide bonds. The summed E-state index contributed by atoms with van der Waals surface area (Å²) in [6.45, 7) is 2.93. The number of hydrogen-bond acceptors (Lipinski definition) is 1. The summed E-state index contributed by atoms with van der Waals surface area (Å²) in [5.74, 6) is 0.447. The van der Waals surface area contributed by atoms with E-state index in [1.165, 1.54) is 7.05 Å². The van der Waals surface area contributed by atoms with Crippen molar-refractivity contribution in [3.05, 3.63) is 12.4 Å². The molecular weight excluding hydrogens is 133 g/mol. The summed E-state index contributed by atoms with van der Waals surface area (Å²) in [5.41, 5.74) is 0. The summed E-state index contributed by atoms with van der Waals surface area (Å²) in [4.78, 5) is 11.7. The maximum Gasteiger partial charge on any atom is 0.282 e. The van der Waals surface area contributed by atoms with Crippen LogP contribution in [0.5, 0.6) is 0 Å². The van der Waals surface area contributed by atoms with Crippen LogP contribution in [-0.2, 0) is 4.79 Å². The van der Waals surface area contributed by atoms with Crippen molar-refractivity contribution in [3.8, 4) is 12.3 Å². The number of terminal acetylenes is 1. The Balaban J connectivity index is 3.98. The molecule has 0 atom stereocenters. The molecule has 2 nitrogen and oxygen atoms in total. The van der Waals surface area contributed by atoms with E-state index >= 15 is 0 Å². The van der Waals surface area contributed by atoms with Gasteiger partial charge in [0.25, 0.3) is 5.91 Å². The smallest absolute Gasteiger partial charge is 0.282 e. The minimum Gasteiger partial charge on any atom is -0.329 e. The molecule has 0 bridgehead atoms. The van der Waals surface area contributed by atoms with Crippen molar-refractivity contribution in [2.24, 2.45) is 0 Å². The maximum atomic E-state index is 12.0. The van der Waals surface area contributed by atoms with E-state index in [1.54, 1.807) is 0 Å². The second-order valence-corrected chi connectivity index (χ2v) is 1.77. The SMILES string of the molecule is C#CCN(C)C(=O)C(=C)F. The lowest BCUT2D eigenvalue weighted by molar-refractivity contribution is -0.126. The van der Waals surface area contributed by atoms with E-state index in [4.69, 9.17) is 6.42 Å².